The Morgan fingerprint density at radius 2 is 1.11 bits per heavy atom. The van der Waals surface area contributed by atoms with Crippen LogP contribution in [0.4, 0.5) is 0 Å². The van der Waals surface area contributed by atoms with Gasteiger partial charge in [0.2, 0.25) is 0 Å². The van der Waals surface area contributed by atoms with E-state index in [1.807, 2.05) is 0 Å². The summed E-state index contributed by atoms with van der Waals surface area (Å²) in [5, 5.41) is 0. The van der Waals surface area contributed by atoms with Gasteiger partial charge in [-0.1, -0.05) is 0 Å². The van der Waals surface area contributed by atoms with E-state index < -0.39 is 0 Å². The number of allylic oxidation sites excluding steroid dienone is 4. The van der Waals surface area contributed by atoms with E-state index in [9.17, 15) is 0 Å². The Hall–Kier alpha value is 0.0229. The molecule has 1 heteroatoms. The molecule has 1 rings (SSSR count). The molecule has 0 amide bonds. The molecule has 0 atom stereocenters. The van der Waals surface area contributed by atoms with Gasteiger partial charge in [0.05, 0.1) is 0 Å². The van der Waals surface area contributed by atoms with Crippen molar-refractivity contribution in [3.05, 3.63) is 20.0 Å². The third-order valence-electron chi connectivity index (χ3n) is 2.06. The standard InChI is InChI=1S/C8H12Ge/c1-5-6(2)8(4)9-7(5)3/h1-4H3. The molecule has 0 spiro atoms. The fourth-order valence-corrected chi connectivity index (χ4v) is 3.78. The number of hydrogen-bond acceptors (Lipinski definition) is 0. The first-order valence-corrected chi connectivity index (χ1v) is 5.35. The molecule has 1 aliphatic heterocycles. The van der Waals surface area contributed by atoms with E-state index in [2.05, 4.69) is 27.7 Å². The van der Waals surface area contributed by atoms with Crippen molar-refractivity contribution in [2.75, 3.05) is 0 Å². The van der Waals surface area contributed by atoms with E-state index in [4.69, 9.17) is 0 Å². The summed E-state index contributed by atoms with van der Waals surface area (Å²) in [7, 11) is 0. The minimum absolute atomic E-state index is 0.171. The van der Waals surface area contributed by atoms with E-state index in [0.717, 1.165) is 0 Å². The predicted molar refractivity (Wildman–Crippen MR) is 42.5 cm³/mol. The van der Waals surface area contributed by atoms with E-state index >= 15 is 0 Å². The summed E-state index contributed by atoms with van der Waals surface area (Å²) >= 11 is 0.171. The summed E-state index contributed by atoms with van der Waals surface area (Å²) in [4.78, 5) is 0. The molecule has 0 aromatic carbocycles. The Kier molecular flexibility index (Phi) is 1.85. The summed E-state index contributed by atoms with van der Waals surface area (Å²) < 4.78 is 3.34. The van der Waals surface area contributed by atoms with Gasteiger partial charge in [-0.2, -0.15) is 0 Å². The molecular formula is C8H12Ge. The predicted octanol–water partition coefficient (Wildman–Crippen LogP) is 2.29. The van der Waals surface area contributed by atoms with Crippen LogP contribution >= 0.6 is 0 Å². The molecule has 2 radical (unpaired) electrons. The SMILES string of the molecule is C[C]1=C(C)C(C)=[C](C)[Ge]1. The quantitative estimate of drug-likeness (QED) is 0.502. The van der Waals surface area contributed by atoms with Crippen molar-refractivity contribution in [1.29, 1.82) is 0 Å². The first-order chi connectivity index (χ1) is 4.13. The van der Waals surface area contributed by atoms with Crippen LogP contribution in [0.3, 0.4) is 0 Å². The average molecular weight is 181 g/mol. The van der Waals surface area contributed by atoms with E-state index in [1.165, 1.54) is 0 Å². The molecule has 1 heterocycles. The maximum absolute atomic E-state index is 2.27. The van der Waals surface area contributed by atoms with Crippen LogP contribution in [-0.4, -0.2) is 15.4 Å². The molecule has 9 heavy (non-hydrogen) atoms. The fourth-order valence-electron chi connectivity index (χ4n) is 1.03. The minimum atomic E-state index is 0.171. The molecule has 0 saturated heterocycles. The van der Waals surface area contributed by atoms with Gasteiger partial charge in [-0.25, -0.2) is 0 Å². The van der Waals surface area contributed by atoms with Gasteiger partial charge in [-0.05, 0) is 0 Å². The molecule has 0 bridgehead atoms. The molecule has 0 N–H and O–H groups in total. The molecule has 0 saturated carbocycles. The van der Waals surface area contributed by atoms with Gasteiger partial charge in [0.25, 0.3) is 0 Å². The number of rotatable bonds is 0. The summed E-state index contributed by atoms with van der Waals surface area (Å²) in [6, 6.07) is 0. The third-order valence-corrected chi connectivity index (χ3v) is 5.21. The maximum atomic E-state index is 2.27. The van der Waals surface area contributed by atoms with Crippen LogP contribution in [0.5, 0.6) is 0 Å². The van der Waals surface area contributed by atoms with E-state index in [0.29, 0.717) is 0 Å². The average Bonchev–Trinajstić information content (AvgIpc) is 1.98. The summed E-state index contributed by atoms with van der Waals surface area (Å²) in [6.45, 7) is 9.03. The van der Waals surface area contributed by atoms with Crippen LogP contribution in [0.2, 0.25) is 0 Å². The van der Waals surface area contributed by atoms with Crippen LogP contribution in [0, 0.1) is 0 Å². The van der Waals surface area contributed by atoms with Gasteiger partial charge in [0.15, 0.2) is 0 Å². The van der Waals surface area contributed by atoms with Crippen molar-refractivity contribution in [2.24, 2.45) is 0 Å². The Morgan fingerprint density at radius 1 is 0.778 bits per heavy atom. The zero-order valence-corrected chi connectivity index (χ0v) is 8.60. The van der Waals surface area contributed by atoms with Crippen LogP contribution in [-0.2, 0) is 0 Å². The summed E-state index contributed by atoms with van der Waals surface area (Å²) in [6.07, 6.45) is 0. The van der Waals surface area contributed by atoms with Crippen molar-refractivity contribution in [2.45, 2.75) is 27.7 Å². The fraction of sp³-hybridized carbons (Fsp3) is 0.500. The first-order valence-electron chi connectivity index (χ1n) is 3.25. The molecule has 48 valence electrons. The van der Waals surface area contributed by atoms with Crippen LogP contribution in [0.25, 0.3) is 0 Å². The number of hydrogen-bond donors (Lipinski definition) is 0. The molecule has 0 aliphatic carbocycles. The molecule has 0 aromatic rings. The normalized spacial score (nSPS) is 20.0. The van der Waals surface area contributed by atoms with Crippen LogP contribution in [0.15, 0.2) is 20.0 Å². The molecule has 1 aliphatic rings. The van der Waals surface area contributed by atoms with E-state index in [-0.39, 0.29) is 15.4 Å². The van der Waals surface area contributed by atoms with Gasteiger partial charge >= 0.3 is 63.1 Å². The third kappa shape index (κ3) is 1.13. The Labute approximate surface area is 63.5 Å². The molecule has 0 aromatic heterocycles. The van der Waals surface area contributed by atoms with Crippen molar-refractivity contribution in [1.82, 2.24) is 0 Å². The van der Waals surface area contributed by atoms with Crippen molar-refractivity contribution in [3.8, 4) is 0 Å². The topological polar surface area (TPSA) is 0 Å². The second-order valence-electron chi connectivity index (χ2n) is 2.62. The van der Waals surface area contributed by atoms with Crippen molar-refractivity contribution < 1.29 is 0 Å². The van der Waals surface area contributed by atoms with E-state index in [1.54, 1.807) is 20.0 Å². The molecule has 0 unspecified atom stereocenters. The van der Waals surface area contributed by atoms with Crippen LogP contribution in [0.1, 0.15) is 27.7 Å². The van der Waals surface area contributed by atoms with Crippen molar-refractivity contribution in [3.63, 3.8) is 0 Å². The Balaban J connectivity index is 2.97. The summed E-state index contributed by atoms with van der Waals surface area (Å²) in [5.74, 6) is 0. The van der Waals surface area contributed by atoms with Gasteiger partial charge in [0, 0.05) is 0 Å². The molecule has 0 nitrogen and oxygen atoms in total. The second kappa shape index (κ2) is 2.33. The van der Waals surface area contributed by atoms with Crippen molar-refractivity contribution >= 4 is 15.4 Å². The van der Waals surface area contributed by atoms with Gasteiger partial charge < -0.3 is 0 Å². The van der Waals surface area contributed by atoms with Gasteiger partial charge in [-0.3, -0.25) is 0 Å². The van der Waals surface area contributed by atoms with Crippen LogP contribution < -0.4 is 0 Å². The monoisotopic (exact) mass is 182 g/mol. The molecule has 0 fully saturated rings. The first kappa shape index (κ1) is 7.13. The zero-order chi connectivity index (χ0) is 7.02. The summed E-state index contributed by atoms with van der Waals surface area (Å²) in [5.41, 5.74) is 3.13. The van der Waals surface area contributed by atoms with Gasteiger partial charge in [0.1, 0.15) is 0 Å². The Bertz CT molecular complexity index is 175. The van der Waals surface area contributed by atoms with Gasteiger partial charge in [-0.15, -0.1) is 0 Å². The zero-order valence-electron chi connectivity index (χ0n) is 6.50. The Morgan fingerprint density at radius 3 is 1.22 bits per heavy atom. The molecular weight excluding hydrogens is 169 g/mol. The second-order valence-corrected chi connectivity index (χ2v) is 6.30.